The van der Waals surface area contributed by atoms with Gasteiger partial charge in [-0.25, -0.2) is 0 Å². The first-order valence-electron chi connectivity index (χ1n) is 7.41. The average Bonchev–Trinajstić information content (AvgIpc) is 3.10. The molecule has 1 aromatic rings. The van der Waals surface area contributed by atoms with Gasteiger partial charge in [-0.15, -0.1) is 0 Å². The van der Waals surface area contributed by atoms with Crippen molar-refractivity contribution in [3.63, 3.8) is 0 Å². The highest BCUT2D eigenvalue weighted by atomic mass is 16.1. The van der Waals surface area contributed by atoms with Crippen molar-refractivity contribution in [1.82, 2.24) is 9.88 Å². The number of aryl methyl sites for hydroxylation is 2. The molecule has 0 spiro atoms. The van der Waals surface area contributed by atoms with E-state index in [4.69, 9.17) is 0 Å². The van der Waals surface area contributed by atoms with E-state index in [-0.39, 0.29) is 5.78 Å². The molecule has 1 N–H and O–H groups in total. The van der Waals surface area contributed by atoms with Crippen LogP contribution in [0.15, 0.2) is 6.07 Å². The fourth-order valence-corrected chi connectivity index (χ4v) is 2.54. The van der Waals surface area contributed by atoms with Crippen molar-refractivity contribution in [3.05, 3.63) is 23.0 Å². The van der Waals surface area contributed by atoms with Gasteiger partial charge < -0.3 is 4.98 Å². The molecule has 3 nitrogen and oxygen atoms in total. The van der Waals surface area contributed by atoms with Gasteiger partial charge in [-0.05, 0) is 51.6 Å². The minimum Gasteiger partial charge on any atom is -0.362 e. The number of aromatic amines is 1. The van der Waals surface area contributed by atoms with E-state index in [1.807, 2.05) is 19.9 Å². The molecule has 1 aliphatic carbocycles. The molecule has 19 heavy (non-hydrogen) atoms. The summed E-state index contributed by atoms with van der Waals surface area (Å²) in [5.74, 6) is 0.963. The summed E-state index contributed by atoms with van der Waals surface area (Å²) in [5, 5.41) is 0. The normalized spacial score (nSPS) is 15.5. The van der Waals surface area contributed by atoms with Crippen molar-refractivity contribution in [3.8, 4) is 0 Å². The van der Waals surface area contributed by atoms with Gasteiger partial charge in [-0.2, -0.15) is 0 Å². The Morgan fingerprint density at radius 2 is 2.11 bits per heavy atom. The predicted octanol–water partition coefficient (Wildman–Crippen LogP) is 3.32. The molecule has 0 radical (unpaired) electrons. The number of hydrogen-bond donors (Lipinski definition) is 1. The summed E-state index contributed by atoms with van der Waals surface area (Å²) in [4.78, 5) is 18.0. The Morgan fingerprint density at radius 3 is 2.58 bits per heavy atom. The van der Waals surface area contributed by atoms with Crippen LogP contribution in [0.4, 0.5) is 0 Å². The first-order chi connectivity index (χ1) is 8.97. The molecule has 1 aromatic heterocycles. The summed E-state index contributed by atoms with van der Waals surface area (Å²) in [7, 11) is 0. The van der Waals surface area contributed by atoms with Crippen LogP contribution in [0.25, 0.3) is 0 Å². The Morgan fingerprint density at radius 1 is 1.42 bits per heavy atom. The second kappa shape index (κ2) is 5.91. The van der Waals surface area contributed by atoms with E-state index < -0.39 is 0 Å². The van der Waals surface area contributed by atoms with Gasteiger partial charge in [0.05, 0.1) is 6.54 Å². The van der Waals surface area contributed by atoms with Crippen LogP contribution < -0.4 is 0 Å². The van der Waals surface area contributed by atoms with Gasteiger partial charge in [0.25, 0.3) is 0 Å². The first-order valence-corrected chi connectivity index (χ1v) is 7.41. The minimum absolute atomic E-state index is 0.262. The number of nitrogens with zero attached hydrogens (tertiary/aromatic N) is 1. The second-order valence-corrected chi connectivity index (χ2v) is 6.30. The van der Waals surface area contributed by atoms with Crippen molar-refractivity contribution in [1.29, 1.82) is 0 Å². The van der Waals surface area contributed by atoms with Gasteiger partial charge >= 0.3 is 0 Å². The fraction of sp³-hybridized carbons (Fsp3) is 0.688. The Balaban J connectivity index is 1.96. The van der Waals surface area contributed by atoms with Gasteiger partial charge in [0.2, 0.25) is 0 Å². The van der Waals surface area contributed by atoms with Crippen LogP contribution in [-0.4, -0.2) is 34.8 Å². The van der Waals surface area contributed by atoms with E-state index >= 15 is 0 Å². The molecule has 2 rings (SSSR count). The second-order valence-electron chi connectivity index (χ2n) is 6.30. The lowest BCUT2D eigenvalue weighted by Gasteiger charge is -2.22. The third-order valence-corrected chi connectivity index (χ3v) is 3.85. The summed E-state index contributed by atoms with van der Waals surface area (Å²) in [6.07, 6.45) is 3.70. The number of hydrogen-bond acceptors (Lipinski definition) is 2. The van der Waals surface area contributed by atoms with E-state index in [1.54, 1.807) is 0 Å². The van der Waals surface area contributed by atoms with Crippen LogP contribution in [0.1, 0.15) is 54.9 Å². The largest absolute Gasteiger partial charge is 0.362 e. The van der Waals surface area contributed by atoms with E-state index in [1.165, 1.54) is 19.3 Å². The van der Waals surface area contributed by atoms with Crippen LogP contribution in [0.2, 0.25) is 0 Å². The lowest BCUT2D eigenvalue weighted by atomic mass is 10.1. The third-order valence-electron chi connectivity index (χ3n) is 3.85. The third kappa shape index (κ3) is 3.93. The average molecular weight is 262 g/mol. The molecule has 0 atom stereocenters. The Bertz CT molecular complexity index is 444. The molecule has 1 saturated carbocycles. The van der Waals surface area contributed by atoms with Crippen LogP contribution >= 0.6 is 0 Å². The standard InChI is InChI=1S/C16H26N2O/c1-11(2)7-8-18(14-5-6-14)10-16(19)15-9-12(3)17-13(15)4/h9,11,14,17H,5-8,10H2,1-4H3. The number of Topliss-reactive ketones (excluding diaryl/α,β-unsaturated/α-hetero) is 1. The summed E-state index contributed by atoms with van der Waals surface area (Å²) in [6.45, 7) is 10.1. The Labute approximate surface area is 116 Å². The molecule has 0 bridgehead atoms. The van der Waals surface area contributed by atoms with Crippen LogP contribution in [0, 0.1) is 19.8 Å². The van der Waals surface area contributed by atoms with Crippen molar-refractivity contribution in [2.75, 3.05) is 13.1 Å². The number of aromatic nitrogens is 1. The van der Waals surface area contributed by atoms with Gasteiger partial charge in [-0.1, -0.05) is 13.8 Å². The van der Waals surface area contributed by atoms with Gasteiger partial charge in [0.1, 0.15) is 0 Å². The number of H-pyrrole nitrogens is 1. The van der Waals surface area contributed by atoms with Gasteiger partial charge in [0.15, 0.2) is 5.78 Å². The Kier molecular flexibility index (Phi) is 4.46. The van der Waals surface area contributed by atoms with Crippen molar-refractivity contribution >= 4 is 5.78 Å². The molecule has 3 heteroatoms. The van der Waals surface area contributed by atoms with Crippen LogP contribution in [-0.2, 0) is 0 Å². The monoisotopic (exact) mass is 262 g/mol. The molecule has 0 aromatic carbocycles. The SMILES string of the molecule is Cc1cc(C(=O)CN(CCC(C)C)C2CC2)c(C)[nH]1. The summed E-state index contributed by atoms with van der Waals surface area (Å²) >= 11 is 0. The van der Waals surface area contributed by atoms with Crippen LogP contribution in [0.3, 0.4) is 0 Å². The van der Waals surface area contributed by atoms with Crippen molar-refractivity contribution in [2.45, 2.75) is 53.0 Å². The van der Waals surface area contributed by atoms with E-state index in [0.717, 1.165) is 23.5 Å². The number of rotatable bonds is 7. The van der Waals surface area contributed by atoms with E-state index in [9.17, 15) is 4.79 Å². The molecule has 0 amide bonds. The molecular formula is C16H26N2O. The minimum atomic E-state index is 0.262. The maximum Gasteiger partial charge on any atom is 0.178 e. The highest BCUT2D eigenvalue weighted by Gasteiger charge is 2.30. The molecule has 106 valence electrons. The Hall–Kier alpha value is -1.09. The highest BCUT2D eigenvalue weighted by Crippen LogP contribution is 2.27. The molecule has 1 fully saturated rings. The molecule has 0 aliphatic heterocycles. The number of nitrogens with one attached hydrogen (secondary N) is 1. The lowest BCUT2D eigenvalue weighted by Crippen LogP contribution is -2.33. The van der Waals surface area contributed by atoms with E-state index in [0.29, 0.717) is 18.5 Å². The molecule has 1 heterocycles. The fourth-order valence-electron chi connectivity index (χ4n) is 2.54. The zero-order chi connectivity index (χ0) is 14.0. The molecule has 1 aliphatic rings. The summed E-state index contributed by atoms with van der Waals surface area (Å²) < 4.78 is 0. The topological polar surface area (TPSA) is 36.1 Å². The van der Waals surface area contributed by atoms with Crippen molar-refractivity contribution in [2.24, 2.45) is 5.92 Å². The van der Waals surface area contributed by atoms with Crippen LogP contribution in [0.5, 0.6) is 0 Å². The smallest absolute Gasteiger partial charge is 0.178 e. The van der Waals surface area contributed by atoms with Gasteiger partial charge in [-0.3, -0.25) is 9.69 Å². The quantitative estimate of drug-likeness (QED) is 0.765. The predicted molar refractivity (Wildman–Crippen MR) is 78.6 cm³/mol. The first kappa shape index (κ1) is 14.3. The van der Waals surface area contributed by atoms with Gasteiger partial charge in [0, 0.05) is 23.0 Å². The maximum absolute atomic E-state index is 12.4. The van der Waals surface area contributed by atoms with E-state index in [2.05, 4.69) is 23.7 Å². The molecule has 0 unspecified atom stereocenters. The number of carbonyl (C=O) groups excluding carboxylic acids is 1. The lowest BCUT2D eigenvalue weighted by molar-refractivity contribution is 0.0920. The number of carbonyl (C=O) groups is 1. The van der Waals surface area contributed by atoms with Crippen molar-refractivity contribution < 1.29 is 4.79 Å². The zero-order valence-electron chi connectivity index (χ0n) is 12.6. The number of ketones is 1. The molecular weight excluding hydrogens is 236 g/mol. The summed E-state index contributed by atoms with van der Waals surface area (Å²) in [5.41, 5.74) is 2.94. The maximum atomic E-state index is 12.4. The zero-order valence-corrected chi connectivity index (χ0v) is 12.6. The summed E-state index contributed by atoms with van der Waals surface area (Å²) in [6, 6.07) is 2.63. The molecule has 0 saturated heterocycles. The highest BCUT2D eigenvalue weighted by molar-refractivity contribution is 5.98.